The van der Waals surface area contributed by atoms with E-state index in [0.717, 1.165) is 15.9 Å². The zero-order valence-electron chi connectivity index (χ0n) is 21.9. The number of rotatable bonds is 10. The minimum absolute atomic E-state index is 0.115. The topological polar surface area (TPSA) is 132 Å². The number of hydrogen-bond acceptors (Lipinski definition) is 8. The van der Waals surface area contributed by atoms with Crippen molar-refractivity contribution in [2.75, 3.05) is 0 Å². The molecule has 0 saturated heterocycles. The van der Waals surface area contributed by atoms with Gasteiger partial charge in [-0.3, -0.25) is 14.2 Å². The fourth-order valence-electron chi connectivity index (χ4n) is 4.31. The molecule has 0 aliphatic carbocycles. The van der Waals surface area contributed by atoms with Crippen molar-refractivity contribution in [3.63, 3.8) is 0 Å². The first-order valence-electron chi connectivity index (χ1n) is 12.0. The Morgan fingerprint density at radius 3 is 2.51 bits per heavy atom. The number of aryl methyl sites for hydroxylation is 1. The smallest absolute Gasteiger partial charge is 0.387 e. The second-order valence-corrected chi connectivity index (χ2v) is 10.6. The van der Waals surface area contributed by atoms with E-state index in [4.69, 9.17) is 19.6 Å². The van der Waals surface area contributed by atoms with Crippen LogP contribution in [0.1, 0.15) is 44.9 Å². The lowest BCUT2D eigenvalue weighted by atomic mass is 10.0. The number of ether oxygens (including phenoxy) is 2. The number of nitrogens with zero attached hydrogens (tertiary/aromatic N) is 3. The number of aromatic nitrogens is 3. The van der Waals surface area contributed by atoms with Crippen molar-refractivity contribution in [3.05, 3.63) is 68.7 Å². The van der Waals surface area contributed by atoms with Gasteiger partial charge >= 0.3 is 12.3 Å². The highest BCUT2D eigenvalue weighted by atomic mass is 32.1. The third-order valence-electron chi connectivity index (χ3n) is 6.27. The molecule has 4 aromatic rings. The average Bonchev–Trinajstić information content (AvgIpc) is 3.48. The summed E-state index contributed by atoms with van der Waals surface area (Å²) in [7, 11) is 0. The molecule has 0 fully saturated rings. The Bertz CT molecular complexity index is 1620. The van der Waals surface area contributed by atoms with E-state index >= 15 is 0 Å². The molecule has 39 heavy (non-hydrogen) atoms. The van der Waals surface area contributed by atoms with Crippen LogP contribution in [0.4, 0.5) is 8.78 Å². The van der Waals surface area contributed by atoms with Gasteiger partial charge in [0.1, 0.15) is 28.5 Å². The number of benzene rings is 1. The maximum atomic E-state index is 14.0. The summed E-state index contributed by atoms with van der Waals surface area (Å²) in [6.45, 7) is 4.67. The number of para-hydroxylation sites is 1. The number of alkyl halides is 2. The van der Waals surface area contributed by atoms with Gasteiger partial charge in [-0.1, -0.05) is 18.2 Å². The van der Waals surface area contributed by atoms with Crippen molar-refractivity contribution in [2.45, 2.75) is 65.5 Å². The van der Waals surface area contributed by atoms with Gasteiger partial charge in [-0.15, -0.1) is 11.3 Å². The van der Waals surface area contributed by atoms with Gasteiger partial charge in [0.15, 0.2) is 0 Å². The second-order valence-electron chi connectivity index (χ2n) is 9.62. The van der Waals surface area contributed by atoms with E-state index in [1.807, 2.05) is 0 Å². The standard InChI is InChI=1S/C26H28F2N4O6S/c1-13(2)37-17(15-8-6-7-9-16(15)38-24(27)28)12-31-22-18(14(3)19(39-22)20-30-10-11-36-20)21(33)32(25(31)35)26(4,5)23(29)34/h6-11,13,17,24H,12H2,1-5H3,(H2,29,34)/t17-/m1/s1. The minimum atomic E-state index is -3.08. The fourth-order valence-corrected chi connectivity index (χ4v) is 5.55. The number of hydrogen-bond donors (Lipinski definition) is 1. The zero-order chi connectivity index (χ0) is 28.6. The van der Waals surface area contributed by atoms with Crippen LogP contribution in [0.15, 0.2) is 50.7 Å². The maximum absolute atomic E-state index is 14.0. The molecule has 1 atom stereocenters. The first-order valence-corrected chi connectivity index (χ1v) is 12.8. The normalized spacial score (nSPS) is 12.9. The van der Waals surface area contributed by atoms with Crippen molar-refractivity contribution in [2.24, 2.45) is 5.73 Å². The number of thiophene rings is 1. The third kappa shape index (κ3) is 5.23. The molecule has 0 bridgehead atoms. The molecule has 0 saturated carbocycles. The summed E-state index contributed by atoms with van der Waals surface area (Å²) in [5.74, 6) is -0.756. The molecular formula is C26H28F2N4O6S. The van der Waals surface area contributed by atoms with Gasteiger partial charge < -0.3 is 19.6 Å². The van der Waals surface area contributed by atoms with E-state index in [0.29, 0.717) is 10.4 Å². The van der Waals surface area contributed by atoms with Gasteiger partial charge in [0.05, 0.1) is 29.1 Å². The van der Waals surface area contributed by atoms with Crippen LogP contribution in [0.25, 0.3) is 21.0 Å². The third-order valence-corrected chi connectivity index (χ3v) is 7.57. The molecule has 1 amide bonds. The molecule has 0 spiro atoms. The van der Waals surface area contributed by atoms with Crippen molar-refractivity contribution in [3.8, 4) is 16.5 Å². The van der Waals surface area contributed by atoms with E-state index in [-0.39, 0.29) is 40.1 Å². The molecule has 2 N–H and O–H groups in total. The van der Waals surface area contributed by atoms with Gasteiger partial charge in [-0.2, -0.15) is 8.78 Å². The molecule has 4 rings (SSSR count). The lowest BCUT2D eigenvalue weighted by molar-refractivity contribution is -0.125. The largest absolute Gasteiger partial charge is 0.444 e. The fraction of sp³-hybridized carbons (Fsp3) is 0.385. The second kappa shape index (κ2) is 10.7. The molecule has 3 heterocycles. The Balaban J connectivity index is 2.03. The van der Waals surface area contributed by atoms with E-state index in [9.17, 15) is 23.2 Å². The SMILES string of the molecule is Cc1c(-c2ncco2)sc2c1c(=O)n(C(C)(C)C(N)=O)c(=O)n2C[C@@H](OC(C)C)c1ccccc1OC(F)F. The number of carbonyl (C=O) groups is 1. The summed E-state index contributed by atoms with van der Waals surface area (Å²) in [6.07, 6.45) is 1.51. The maximum Gasteiger partial charge on any atom is 0.387 e. The minimum Gasteiger partial charge on any atom is -0.444 e. The zero-order valence-corrected chi connectivity index (χ0v) is 22.8. The predicted molar refractivity (Wildman–Crippen MR) is 141 cm³/mol. The van der Waals surface area contributed by atoms with Crippen molar-refractivity contribution < 1.29 is 27.5 Å². The van der Waals surface area contributed by atoms with Gasteiger partial charge in [-0.25, -0.2) is 14.3 Å². The molecule has 0 radical (unpaired) electrons. The highest BCUT2D eigenvalue weighted by Crippen LogP contribution is 2.37. The predicted octanol–water partition coefficient (Wildman–Crippen LogP) is 4.18. The van der Waals surface area contributed by atoms with Crippen LogP contribution in [0, 0.1) is 6.92 Å². The Morgan fingerprint density at radius 2 is 1.92 bits per heavy atom. The molecule has 10 nitrogen and oxygen atoms in total. The van der Waals surface area contributed by atoms with Gasteiger partial charge in [-0.05, 0) is 46.2 Å². The van der Waals surface area contributed by atoms with Crippen LogP contribution in [0.5, 0.6) is 5.75 Å². The molecule has 13 heteroatoms. The first kappa shape index (κ1) is 28.2. The van der Waals surface area contributed by atoms with Crippen LogP contribution >= 0.6 is 11.3 Å². The first-order chi connectivity index (χ1) is 18.3. The van der Waals surface area contributed by atoms with Crippen LogP contribution < -0.4 is 21.7 Å². The molecule has 208 valence electrons. The highest BCUT2D eigenvalue weighted by Gasteiger charge is 2.35. The lowest BCUT2D eigenvalue weighted by Gasteiger charge is -2.27. The van der Waals surface area contributed by atoms with Gasteiger partial charge in [0.25, 0.3) is 5.56 Å². The Morgan fingerprint density at radius 1 is 1.23 bits per heavy atom. The number of nitrogens with two attached hydrogens (primary N) is 1. The quantitative estimate of drug-likeness (QED) is 0.307. The van der Waals surface area contributed by atoms with E-state index in [2.05, 4.69) is 4.98 Å². The summed E-state index contributed by atoms with van der Waals surface area (Å²) in [6, 6.07) is 6.12. The lowest BCUT2D eigenvalue weighted by Crippen LogP contribution is -2.54. The van der Waals surface area contributed by atoms with Crippen molar-refractivity contribution in [1.82, 2.24) is 14.1 Å². The van der Waals surface area contributed by atoms with Gasteiger partial charge in [0.2, 0.25) is 11.8 Å². The number of primary amides is 1. The molecule has 0 aliphatic rings. The Labute approximate surface area is 225 Å². The summed E-state index contributed by atoms with van der Waals surface area (Å²) < 4.78 is 44.8. The Kier molecular flexibility index (Phi) is 7.75. The van der Waals surface area contributed by atoms with Crippen LogP contribution in [0.3, 0.4) is 0 Å². The average molecular weight is 563 g/mol. The highest BCUT2D eigenvalue weighted by molar-refractivity contribution is 7.22. The van der Waals surface area contributed by atoms with Crippen LogP contribution in [0.2, 0.25) is 0 Å². The summed E-state index contributed by atoms with van der Waals surface area (Å²) >= 11 is 1.11. The monoisotopic (exact) mass is 562 g/mol. The number of fused-ring (bicyclic) bond motifs is 1. The molecule has 1 aromatic carbocycles. The molecule has 3 aromatic heterocycles. The molecule has 0 aliphatic heterocycles. The summed E-state index contributed by atoms with van der Waals surface area (Å²) in [5.41, 5.74) is 3.16. The molecular weight excluding hydrogens is 534 g/mol. The van der Waals surface area contributed by atoms with E-state index in [1.54, 1.807) is 39.0 Å². The van der Waals surface area contributed by atoms with Crippen molar-refractivity contribution in [1.29, 1.82) is 0 Å². The number of oxazole rings is 1. The van der Waals surface area contributed by atoms with Crippen molar-refractivity contribution >= 4 is 27.5 Å². The summed E-state index contributed by atoms with van der Waals surface area (Å²) in [5, 5.41) is 0.169. The number of amides is 1. The number of carbonyl (C=O) groups excluding carboxylic acids is 1. The van der Waals surface area contributed by atoms with E-state index in [1.165, 1.54) is 36.9 Å². The van der Waals surface area contributed by atoms with E-state index < -0.39 is 35.4 Å². The van der Waals surface area contributed by atoms with Crippen LogP contribution in [-0.4, -0.2) is 32.7 Å². The molecule has 0 unspecified atom stereocenters. The number of halogens is 2. The van der Waals surface area contributed by atoms with Gasteiger partial charge in [0, 0.05) is 5.56 Å². The summed E-state index contributed by atoms with van der Waals surface area (Å²) in [4.78, 5) is 45.0. The Hall–Kier alpha value is -3.84. The van der Waals surface area contributed by atoms with Crippen LogP contribution in [-0.2, 0) is 21.6 Å².